The van der Waals surface area contributed by atoms with Crippen LogP contribution in [0.25, 0.3) is 0 Å². The zero-order valence-electron chi connectivity index (χ0n) is 8.20. The number of hydrogen-bond acceptors (Lipinski definition) is 2. The third kappa shape index (κ3) is 5.22. The molecule has 0 aromatic carbocycles. The molecular weight excluding hydrogens is 172 g/mol. The molecule has 0 saturated heterocycles. The first-order valence-corrected chi connectivity index (χ1v) is 4.19. The lowest BCUT2D eigenvalue weighted by Crippen LogP contribution is -2.23. The zero-order chi connectivity index (χ0) is 10.6. The van der Waals surface area contributed by atoms with Crippen LogP contribution in [0, 0.1) is 11.3 Å². The highest BCUT2D eigenvalue weighted by Gasteiger charge is 2.26. The Morgan fingerprint density at radius 1 is 1.31 bits per heavy atom. The summed E-state index contributed by atoms with van der Waals surface area (Å²) in [6, 6.07) is 0. The monoisotopic (exact) mass is 188 g/mol. The van der Waals surface area contributed by atoms with Crippen LogP contribution in [0.5, 0.6) is 0 Å². The third-order valence-electron chi connectivity index (χ3n) is 1.91. The van der Waals surface area contributed by atoms with Crippen LogP contribution in [0.2, 0.25) is 0 Å². The Bertz CT molecular complexity index is 208. The summed E-state index contributed by atoms with van der Waals surface area (Å²) in [4.78, 5) is 20.9. The average Bonchev–Trinajstić information content (AvgIpc) is 1.81. The molecule has 0 bridgehead atoms. The Labute approximate surface area is 77.6 Å². The molecule has 0 radical (unpaired) electrons. The van der Waals surface area contributed by atoms with E-state index < -0.39 is 23.3 Å². The lowest BCUT2D eigenvalue weighted by molar-refractivity contribution is -0.144. The SMILES string of the molecule is CC(CC(C)(C)CC(=O)O)C(=O)O. The van der Waals surface area contributed by atoms with E-state index in [1.165, 1.54) is 0 Å². The summed E-state index contributed by atoms with van der Waals surface area (Å²) >= 11 is 0. The summed E-state index contributed by atoms with van der Waals surface area (Å²) in [7, 11) is 0. The van der Waals surface area contributed by atoms with E-state index in [1.807, 2.05) is 0 Å². The molecule has 1 unspecified atom stereocenters. The van der Waals surface area contributed by atoms with E-state index in [0.29, 0.717) is 6.42 Å². The topological polar surface area (TPSA) is 74.6 Å². The van der Waals surface area contributed by atoms with E-state index in [9.17, 15) is 9.59 Å². The fourth-order valence-corrected chi connectivity index (χ4v) is 1.40. The van der Waals surface area contributed by atoms with Crippen LogP contribution in [-0.4, -0.2) is 22.2 Å². The van der Waals surface area contributed by atoms with Crippen molar-refractivity contribution in [3.63, 3.8) is 0 Å². The molecular formula is C9H16O4. The molecule has 0 aliphatic carbocycles. The number of carbonyl (C=O) groups is 2. The maximum atomic E-state index is 10.5. The van der Waals surface area contributed by atoms with Gasteiger partial charge in [-0.3, -0.25) is 9.59 Å². The number of aliphatic carboxylic acids is 2. The summed E-state index contributed by atoms with van der Waals surface area (Å²) in [6.07, 6.45) is 0.388. The Kier molecular flexibility index (Phi) is 3.91. The highest BCUT2D eigenvalue weighted by molar-refractivity contribution is 5.70. The normalized spacial score (nSPS) is 13.8. The van der Waals surface area contributed by atoms with E-state index in [4.69, 9.17) is 10.2 Å². The van der Waals surface area contributed by atoms with E-state index in [1.54, 1.807) is 20.8 Å². The van der Waals surface area contributed by atoms with Gasteiger partial charge in [0.05, 0.1) is 12.3 Å². The van der Waals surface area contributed by atoms with Crippen molar-refractivity contribution in [3.05, 3.63) is 0 Å². The van der Waals surface area contributed by atoms with Crippen molar-refractivity contribution in [2.45, 2.75) is 33.6 Å². The van der Waals surface area contributed by atoms with Crippen LogP contribution in [0.1, 0.15) is 33.6 Å². The predicted octanol–water partition coefficient (Wildman–Crippen LogP) is 1.60. The quantitative estimate of drug-likeness (QED) is 0.687. The van der Waals surface area contributed by atoms with Gasteiger partial charge in [0.15, 0.2) is 0 Å². The van der Waals surface area contributed by atoms with Crippen molar-refractivity contribution in [2.75, 3.05) is 0 Å². The summed E-state index contributed by atoms with van der Waals surface area (Å²) in [5.74, 6) is -2.25. The van der Waals surface area contributed by atoms with Gasteiger partial charge in [-0.25, -0.2) is 0 Å². The maximum Gasteiger partial charge on any atom is 0.306 e. The standard InChI is InChI=1S/C9H16O4/c1-6(8(12)13)4-9(2,3)5-7(10)11/h6H,4-5H2,1-3H3,(H,10,11)(H,12,13). The van der Waals surface area contributed by atoms with Gasteiger partial charge in [0.25, 0.3) is 0 Å². The molecule has 0 spiro atoms. The fraction of sp³-hybridized carbons (Fsp3) is 0.778. The molecule has 0 aromatic rings. The summed E-state index contributed by atoms with van der Waals surface area (Å²) < 4.78 is 0. The second-order valence-electron chi connectivity index (χ2n) is 4.18. The minimum Gasteiger partial charge on any atom is -0.481 e. The van der Waals surface area contributed by atoms with E-state index >= 15 is 0 Å². The highest BCUT2D eigenvalue weighted by atomic mass is 16.4. The van der Waals surface area contributed by atoms with Crippen molar-refractivity contribution < 1.29 is 19.8 Å². The molecule has 0 fully saturated rings. The minimum atomic E-state index is -0.886. The average molecular weight is 188 g/mol. The molecule has 0 aliphatic rings. The van der Waals surface area contributed by atoms with Crippen molar-refractivity contribution in [1.82, 2.24) is 0 Å². The molecule has 0 saturated carbocycles. The van der Waals surface area contributed by atoms with Gasteiger partial charge in [-0.2, -0.15) is 0 Å². The molecule has 0 aliphatic heterocycles. The minimum absolute atomic E-state index is 0.00458. The van der Waals surface area contributed by atoms with Crippen molar-refractivity contribution in [1.29, 1.82) is 0 Å². The van der Waals surface area contributed by atoms with Crippen LogP contribution in [0.15, 0.2) is 0 Å². The molecule has 13 heavy (non-hydrogen) atoms. The van der Waals surface area contributed by atoms with Gasteiger partial charge in [0.2, 0.25) is 0 Å². The van der Waals surface area contributed by atoms with Crippen LogP contribution in [0.3, 0.4) is 0 Å². The second kappa shape index (κ2) is 4.25. The molecule has 0 amide bonds. The lowest BCUT2D eigenvalue weighted by Gasteiger charge is -2.24. The van der Waals surface area contributed by atoms with Gasteiger partial charge in [0, 0.05) is 0 Å². The van der Waals surface area contributed by atoms with Gasteiger partial charge < -0.3 is 10.2 Å². The Morgan fingerprint density at radius 3 is 2.08 bits per heavy atom. The van der Waals surface area contributed by atoms with Crippen molar-refractivity contribution in [3.8, 4) is 0 Å². The van der Waals surface area contributed by atoms with Gasteiger partial charge >= 0.3 is 11.9 Å². The summed E-state index contributed by atoms with van der Waals surface area (Å²) in [5, 5.41) is 17.2. The van der Waals surface area contributed by atoms with Crippen molar-refractivity contribution >= 4 is 11.9 Å². The zero-order valence-corrected chi connectivity index (χ0v) is 8.20. The molecule has 2 N–H and O–H groups in total. The molecule has 1 atom stereocenters. The number of rotatable bonds is 5. The van der Waals surface area contributed by atoms with Gasteiger partial charge in [-0.05, 0) is 11.8 Å². The number of carboxylic acids is 2. The first kappa shape index (κ1) is 11.9. The van der Waals surface area contributed by atoms with Crippen molar-refractivity contribution in [2.24, 2.45) is 11.3 Å². The number of carboxylic acid groups (broad SMARTS) is 2. The van der Waals surface area contributed by atoms with Gasteiger partial charge in [-0.1, -0.05) is 20.8 Å². The first-order valence-electron chi connectivity index (χ1n) is 4.19. The van der Waals surface area contributed by atoms with E-state index in [2.05, 4.69) is 0 Å². The summed E-state index contributed by atoms with van der Waals surface area (Å²) in [6.45, 7) is 5.12. The fourth-order valence-electron chi connectivity index (χ4n) is 1.40. The first-order chi connectivity index (χ1) is 5.74. The smallest absolute Gasteiger partial charge is 0.306 e. The Morgan fingerprint density at radius 2 is 1.77 bits per heavy atom. The number of hydrogen-bond donors (Lipinski definition) is 2. The largest absolute Gasteiger partial charge is 0.481 e. The highest BCUT2D eigenvalue weighted by Crippen LogP contribution is 2.29. The van der Waals surface area contributed by atoms with E-state index in [-0.39, 0.29) is 6.42 Å². The maximum absolute atomic E-state index is 10.5. The molecule has 76 valence electrons. The third-order valence-corrected chi connectivity index (χ3v) is 1.91. The van der Waals surface area contributed by atoms with Crippen LogP contribution < -0.4 is 0 Å². The van der Waals surface area contributed by atoms with Crippen LogP contribution >= 0.6 is 0 Å². The Hall–Kier alpha value is -1.06. The molecule has 0 heterocycles. The van der Waals surface area contributed by atoms with Crippen LogP contribution in [-0.2, 0) is 9.59 Å². The predicted molar refractivity (Wildman–Crippen MR) is 47.5 cm³/mol. The molecule has 0 rings (SSSR count). The van der Waals surface area contributed by atoms with Gasteiger partial charge in [-0.15, -0.1) is 0 Å². The summed E-state index contributed by atoms with van der Waals surface area (Å²) in [5.41, 5.74) is -0.455. The van der Waals surface area contributed by atoms with Gasteiger partial charge in [0.1, 0.15) is 0 Å². The lowest BCUT2D eigenvalue weighted by atomic mass is 9.81. The van der Waals surface area contributed by atoms with Crippen LogP contribution in [0.4, 0.5) is 0 Å². The molecule has 0 aromatic heterocycles. The molecule has 4 heteroatoms. The second-order valence-corrected chi connectivity index (χ2v) is 4.18. The molecule has 4 nitrogen and oxygen atoms in total. The Balaban J connectivity index is 4.16. The van der Waals surface area contributed by atoms with E-state index in [0.717, 1.165) is 0 Å².